The van der Waals surface area contributed by atoms with E-state index in [1.165, 1.54) is 6.07 Å². The lowest BCUT2D eigenvalue weighted by Crippen LogP contribution is -2.43. The zero-order chi connectivity index (χ0) is 12.5. The number of hydrogen-bond donors (Lipinski definition) is 1. The molecule has 1 fully saturated rings. The molecule has 0 spiro atoms. The zero-order valence-corrected chi connectivity index (χ0v) is 9.64. The second kappa shape index (κ2) is 4.56. The van der Waals surface area contributed by atoms with Crippen LogP contribution in [-0.2, 0) is 6.18 Å². The number of anilines is 1. The van der Waals surface area contributed by atoms with Crippen LogP contribution < -0.4 is 10.2 Å². The van der Waals surface area contributed by atoms with Crippen LogP contribution in [0.15, 0.2) is 18.2 Å². The number of halogens is 3. The molecule has 1 saturated heterocycles. The Labute approximate surface area is 98.4 Å². The quantitative estimate of drug-likeness (QED) is 0.816. The molecule has 0 aromatic heterocycles. The summed E-state index contributed by atoms with van der Waals surface area (Å²) >= 11 is 0. The van der Waals surface area contributed by atoms with Crippen molar-refractivity contribution in [3.05, 3.63) is 29.3 Å². The molecule has 1 heterocycles. The molecule has 94 valence electrons. The fourth-order valence-corrected chi connectivity index (χ4v) is 2.03. The van der Waals surface area contributed by atoms with E-state index in [0.29, 0.717) is 5.69 Å². The Kier molecular flexibility index (Phi) is 3.28. The Balaban J connectivity index is 2.31. The van der Waals surface area contributed by atoms with Gasteiger partial charge in [-0.3, -0.25) is 0 Å². The average molecular weight is 244 g/mol. The minimum absolute atomic E-state index is 0.573. The Bertz CT molecular complexity index is 395. The third-order valence-electron chi connectivity index (χ3n) is 2.99. The maximum Gasteiger partial charge on any atom is 0.416 e. The van der Waals surface area contributed by atoms with Crippen LogP contribution in [0.25, 0.3) is 0 Å². The van der Waals surface area contributed by atoms with Crippen LogP contribution in [0.1, 0.15) is 11.1 Å². The van der Waals surface area contributed by atoms with Gasteiger partial charge >= 0.3 is 6.18 Å². The van der Waals surface area contributed by atoms with Gasteiger partial charge in [-0.05, 0) is 24.6 Å². The summed E-state index contributed by atoms with van der Waals surface area (Å²) in [5, 5.41) is 3.18. The van der Waals surface area contributed by atoms with Gasteiger partial charge < -0.3 is 10.2 Å². The SMILES string of the molecule is Cc1ccc(C(F)(F)F)cc1N1CCNCC1. The Morgan fingerprint density at radius 2 is 1.82 bits per heavy atom. The molecule has 2 rings (SSSR count). The summed E-state index contributed by atoms with van der Waals surface area (Å²) in [5.41, 5.74) is 1.01. The fraction of sp³-hybridized carbons (Fsp3) is 0.500. The van der Waals surface area contributed by atoms with Gasteiger partial charge in [-0.15, -0.1) is 0 Å². The highest BCUT2D eigenvalue weighted by Crippen LogP contribution is 2.33. The van der Waals surface area contributed by atoms with Crippen molar-refractivity contribution < 1.29 is 13.2 Å². The average Bonchev–Trinajstić information content (AvgIpc) is 2.29. The molecule has 0 bridgehead atoms. The van der Waals surface area contributed by atoms with Crippen LogP contribution in [-0.4, -0.2) is 26.2 Å². The highest BCUT2D eigenvalue weighted by atomic mass is 19.4. The molecule has 0 unspecified atom stereocenters. The lowest BCUT2D eigenvalue weighted by atomic mass is 10.1. The molecule has 0 aliphatic carbocycles. The van der Waals surface area contributed by atoms with Crippen molar-refractivity contribution in [3.63, 3.8) is 0 Å². The van der Waals surface area contributed by atoms with E-state index in [0.717, 1.165) is 37.8 Å². The number of benzene rings is 1. The van der Waals surface area contributed by atoms with Gasteiger partial charge in [0.25, 0.3) is 0 Å². The highest BCUT2D eigenvalue weighted by molar-refractivity contribution is 5.55. The predicted octanol–water partition coefficient (Wildman–Crippen LogP) is 2.42. The molecular formula is C12H15F3N2. The van der Waals surface area contributed by atoms with E-state index in [4.69, 9.17) is 0 Å². The molecule has 1 N–H and O–H groups in total. The van der Waals surface area contributed by atoms with Crippen LogP contribution in [0, 0.1) is 6.92 Å². The first kappa shape index (κ1) is 12.2. The van der Waals surface area contributed by atoms with Crippen LogP contribution in [0.4, 0.5) is 18.9 Å². The minimum atomic E-state index is -4.27. The number of piperazine rings is 1. The van der Waals surface area contributed by atoms with Gasteiger partial charge in [0.05, 0.1) is 5.56 Å². The first-order valence-electron chi connectivity index (χ1n) is 5.62. The fourth-order valence-electron chi connectivity index (χ4n) is 2.03. The van der Waals surface area contributed by atoms with Crippen molar-refractivity contribution in [2.75, 3.05) is 31.1 Å². The van der Waals surface area contributed by atoms with E-state index in [2.05, 4.69) is 5.32 Å². The van der Waals surface area contributed by atoms with Gasteiger partial charge in [-0.2, -0.15) is 13.2 Å². The van der Waals surface area contributed by atoms with E-state index >= 15 is 0 Å². The van der Waals surface area contributed by atoms with E-state index in [-0.39, 0.29) is 0 Å². The molecule has 0 radical (unpaired) electrons. The molecule has 0 saturated carbocycles. The molecule has 0 amide bonds. The van der Waals surface area contributed by atoms with Crippen molar-refractivity contribution in [2.45, 2.75) is 13.1 Å². The van der Waals surface area contributed by atoms with Crippen LogP contribution in [0.2, 0.25) is 0 Å². The first-order chi connectivity index (χ1) is 7.98. The minimum Gasteiger partial charge on any atom is -0.369 e. The Hall–Kier alpha value is -1.23. The number of alkyl halides is 3. The number of rotatable bonds is 1. The summed E-state index contributed by atoms with van der Waals surface area (Å²) in [7, 11) is 0. The predicted molar refractivity (Wildman–Crippen MR) is 61.3 cm³/mol. The second-order valence-electron chi connectivity index (χ2n) is 4.24. The third-order valence-corrected chi connectivity index (χ3v) is 2.99. The monoisotopic (exact) mass is 244 g/mol. The standard InChI is InChI=1S/C12H15F3N2/c1-9-2-3-10(12(13,14)15)8-11(9)17-6-4-16-5-7-17/h2-3,8,16H,4-7H2,1H3. The number of nitrogens with one attached hydrogen (secondary N) is 1. The van der Waals surface area contributed by atoms with Gasteiger partial charge in [0.2, 0.25) is 0 Å². The summed E-state index contributed by atoms with van der Waals surface area (Å²) in [4.78, 5) is 2.00. The van der Waals surface area contributed by atoms with Crippen molar-refractivity contribution >= 4 is 5.69 Å². The molecule has 17 heavy (non-hydrogen) atoms. The van der Waals surface area contributed by atoms with Gasteiger partial charge in [-0.25, -0.2) is 0 Å². The molecule has 1 aromatic rings. The molecule has 1 aliphatic heterocycles. The maximum atomic E-state index is 12.6. The summed E-state index contributed by atoms with van der Waals surface area (Å²) in [6.45, 7) is 4.98. The van der Waals surface area contributed by atoms with Gasteiger partial charge in [0.15, 0.2) is 0 Å². The lowest BCUT2D eigenvalue weighted by Gasteiger charge is -2.31. The zero-order valence-electron chi connectivity index (χ0n) is 9.64. The van der Waals surface area contributed by atoms with E-state index < -0.39 is 11.7 Å². The highest BCUT2D eigenvalue weighted by Gasteiger charge is 2.31. The molecule has 2 nitrogen and oxygen atoms in total. The van der Waals surface area contributed by atoms with E-state index in [1.807, 2.05) is 11.8 Å². The van der Waals surface area contributed by atoms with Gasteiger partial charge in [0.1, 0.15) is 0 Å². The number of nitrogens with zero attached hydrogens (tertiary/aromatic N) is 1. The summed E-state index contributed by atoms with van der Waals surface area (Å²) in [6.07, 6.45) is -4.27. The smallest absolute Gasteiger partial charge is 0.369 e. The molecule has 0 atom stereocenters. The second-order valence-corrected chi connectivity index (χ2v) is 4.24. The van der Waals surface area contributed by atoms with Crippen LogP contribution >= 0.6 is 0 Å². The third kappa shape index (κ3) is 2.72. The molecular weight excluding hydrogens is 229 g/mol. The largest absolute Gasteiger partial charge is 0.416 e. The van der Waals surface area contributed by atoms with Crippen LogP contribution in [0.5, 0.6) is 0 Å². The van der Waals surface area contributed by atoms with E-state index in [1.54, 1.807) is 6.07 Å². The van der Waals surface area contributed by atoms with Crippen molar-refractivity contribution in [1.29, 1.82) is 0 Å². The van der Waals surface area contributed by atoms with E-state index in [9.17, 15) is 13.2 Å². The van der Waals surface area contributed by atoms with Crippen LogP contribution in [0.3, 0.4) is 0 Å². The van der Waals surface area contributed by atoms with Gasteiger partial charge in [-0.1, -0.05) is 6.07 Å². The summed E-state index contributed by atoms with van der Waals surface area (Å²) in [6, 6.07) is 3.93. The Morgan fingerprint density at radius 3 is 2.41 bits per heavy atom. The number of hydrogen-bond acceptors (Lipinski definition) is 2. The summed E-state index contributed by atoms with van der Waals surface area (Å²) in [5.74, 6) is 0. The van der Waals surface area contributed by atoms with Crippen molar-refractivity contribution in [2.24, 2.45) is 0 Å². The lowest BCUT2D eigenvalue weighted by molar-refractivity contribution is -0.137. The molecule has 1 aliphatic rings. The normalized spacial score (nSPS) is 17.3. The molecule has 1 aromatic carbocycles. The van der Waals surface area contributed by atoms with Crippen molar-refractivity contribution in [3.8, 4) is 0 Å². The Morgan fingerprint density at radius 1 is 1.18 bits per heavy atom. The maximum absolute atomic E-state index is 12.6. The first-order valence-corrected chi connectivity index (χ1v) is 5.62. The van der Waals surface area contributed by atoms with Crippen molar-refractivity contribution in [1.82, 2.24) is 5.32 Å². The number of aryl methyl sites for hydroxylation is 1. The molecule has 5 heteroatoms. The summed E-state index contributed by atoms with van der Waals surface area (Å²) < 4.78 is 37.9. The van der Waals surface area contributed by atoms with Gasteiger partial charge in [0, 0.05) is 31.9 Å². The topological polar surface area (TPSA) is 15.3 Å².